The van der Waals surface area contributed by atoms with Gasteiger partial charge in [0.1, 0.15) is 49.2 Å². The molecule has 16 heteroatoms. The second kappa shape index (κ2) is 18.1. The minimum Gasteiger partial charge on any atom is -0.394 e. The van der Waals surface area contributed by atoms with Gasteiger partial charge >= 0.3 is 0 Å². The molecule has 2 fully saturated rings. The number of nitrogens with one attached hydrogen (secondary N) is 2. The van der Waals surface area contributed by atoms with E-state index in [2.05, 4.69) is 10.6 Å². The van der Waals surface area contributed by atoms with Gasteiger partial charge < -0.3 is 59.5 Å². The minimum absolute atomic E-state index is 0.00315. The number of carbonyl (C=O) groups excluding carboxylic acids is 2. The number of carbonyl (C=O) groups is 2. The van der Waals surface area contributed by atoms with Crippen LogP contribution in [0.2, 0.25) is 0 Å². The predicted octanol–water partition coefficient (Wildman–Crippen LogP) is -3.06. The number of methoxy groups -OCH3 is 1. The lowest BCUT2D eigenvalue weighted by Gasteiger charge is -2.44. The van der Waals surface area contributed by atoms with Crippen molar-refractivity contribution in [2.24, 2.45) is 0 Å². The molecular weight excluding hydrogens is 540 g/mol. The van der Waals surface area contributed by atoms with Gasteiger partial charge in [0.2, 0.25) is 11.8 Å². The number of hydrogen-bond donors (Lipinski definition) is 6. The Hall–Kier alpha value is -1.54. The molecule has 0 bridgehead atoms. The maximum absolute atomic E-state index is 11.9. The van der Waals surface area contributed by atoms with Crippen LogP contribution >= 0.6 is 0 Å². The second-order valence-electron chi connectivity index (χ2n) is 9.33. The van der Waals surface area contributed by atoms with E-state index >= 15 is 0 Å². The molecule has 2 aliphatic heterocycles. The highest BCUT2D eigenvalue weighted by Gasteiger charge is 2.49. The Morgan fingerprint density at radius 1 is 0.800 bits per heavy atom. The Kier molecular flexibility index (Phi) is 15.7. The standard InChI is InChI=1S/C24H44N2O14/c1-5-15-20(31)22(18(26-14(3)29)24(38-15)35-10-8-33-4)40-37-12-16-19(30)21(32)17(25-13(2)28)23(39-16)36-11-9-34-7-6-27/h15-24,27,30-32H,5-12H2,1-4H3,(H,25,28)(H,26,29). The molecule has 0 spiro atoms. The molecule has 2 aliphatic rings. The highest BCUT2D eigenvalue weighted by atomic mass is 17.2. The van der Waals surface area contributed by atoms with Crippen molar-refractivity contribution < 1.29 is 68.2 Å². The molecule has 2 rings (SSSR count). The van der Waals surface area contributed by atoms with Crippen molar-refractivity contribution in [2.75, 3.05) is 53.4 Å². The first-order chi connectivity index (χ1) is 19.1. The third-order valence-corrected chi connectivity index (χ3v) is 6.24. The fraction of sp³-hybridized carbons (Fsp3) is 0.917. The minimum atomic E-state index is -1.51. The fourth-order valence-electron chi connectivity index (χ4n) is 4.32. The summed E-state index contributed by atoms with van der Waals surface area (Å²) in [6.45, 7) is 4.37. The number of ether oxygens (including phenoxy) is 6. The highest BCUT2D eigenvalue weighted by Crippen LogP contribution is 2.28. The zero-order valence-electron chi connectivity index (χ0n) is 23.3. The largest absolute Gasteiger partial charge is 0.394 e. The summed E-state index contributed by atoms with van der Waals surface area (Å²) < 4.78 is 33.1. The van der Waals surface area contributed by atoms with Gasteiger partial charge in [-0.25, -0.2) is 9.78 Å². The van der Waals surface area contributed by atoms with Crippen LogP contribution in [-0.4, -0.2) is 147 Å². The molecule has 16 nitrogen and oxygen atoms in total. The maximum Gasteiger partial charge on any atom is 0.217 e. The Morgan fingerprint density at radius 3 is 2.00 bits per heavy atom. The summed E-state index contributed by atoms with van der Waals surface area (Å²) in [6.07, 6.45) is -8.98. The van der Waals surface area contributed by atoms with E-state index < -0.39 is 79.7 Å². The molecule has 234 valence electrons. The van der Waals surface area contributed by atoms with Gasteiger partial charge in [-0.05, 0) is 6.42 Å². The number of hydrogen-bond acceptors (Lipinski definition) is 14. The fourth-order valence-corrected chi connectivity index (χ4v) is 4.32. The smallest absolute Gasteiger partial charge is 0.217 e. The molecule has 0 aromatic rings. The summed E-state index contributed by atoms with van der Waals surface area (Å²) in [5.74, 6) is -0.904. The molecule has 0 aromatic heterocycles. The van der Waals surface area contributed by atoms with Gasteiger partial charge in [0.05, 0.1) is 45.7 Å². The van der Waals surface area contributed by atoms with Crippen LogP contribution in [0.4, 0.5) is 0 Å². The van der Waals surface area contributed by atoms with Gasteiger partial charge in [-0.3, -0.25) is 9.59 Å². The Bertz CT molecular complexity index is 748. The van der Waals surface area contributed by atoms with E-state index in [0.29, 0.717) is 6.42 Å². The highest BCUT2D eigenvalue weighted by molar-refractivity contribution is 5.73. The lowest BCUT2D eigenvalue weighted by molar-refractivity contribution is -0.393. The van der Waals surface area contributed by atoms with Gasteiger partial charge in [-0.2, -0.15) is 0 Å². The van der Waals surface area contributed by atoms with Crippen LogP contribution in [0.25, 0.3) is 0 Å². The SMILES string of the molecule is CCC1OC(OCCOC)C(NC(C)=O)C(OOCC2OC(OCCOCCO)C(NC(C)=O)C(O)C2O)C1O. The third-order valence-electron chi connectivity index (χ3n) is 6.24. The molecule has 0 aromatic carbocycles. The summed E-state index contributed by atoms with van der Waals surface area (Å²) in [5.41, 5.74) is 0. The molecule has 40 heavy (non-hydrogen) atoms. The Labute approximate surface area is 233 Å². The van der Waals surface area contributed by atoms with Crippen LogP contribution in [0.3, 0.4) is 0 Å². The summed E-state index contributed by atoms with van der Waals surface area (Å²) in [5, 5.41) is 46.2. The molecule has 10 atom stereocenters. The first kappa shape index (κ1) is 34.7. The third kappa shape index (κ3) is 10.4. The van der Waals surface area contributed by atoms with Crippen LogP contribution in [0, 0.1) is 0 Å². The van der Waals surface area contributed by atoms with Crippen LogP contribution in [0.1, 0.15) is 27.2 Å². The summed E-state index contributed by atoms with van der Waals surface area (Å²) in [4.78, 5) is 34.5. The zero-order valence-corrected chi connectivity index (χ0v) is 23.3. The van der Waals surface area contributed by atoms with E-state index in [4.69, 9.17) is 43.3 Å². The maximum atomic E-state index is 11.9. The van der Waals surface area contributed by atoms with Crippen molar-refractivity contribution in [2.45, 2.75) is 88.5 Å². The topological polar surface area (TPSA) is 213 Å². The van der Waals surface area contributed by atoms with Gasteiger partial charge in [-0.15, -0.1) is 0 Å². The number of aliphatic hydroxyl groups excluding tert-OH is 4. The van der Waals surface area contributed by atoms with Crippen molar-refractivity contribution in [1.82, 2.24) is 10.6 Å². The summed E-state index contributed by atoms with van der Waals surface area (Å²) >= 11 is 0. The molecule has 10 unspecified atom stereocenters. The van der Waals surface area contributed by atoms with E-state index in [0.717, 1.165) is 0 Å². The molecule has 2 heterocycles. The van der Waals surface area contributed by atoms with Crippen molar-refractivity contribution in [3.8, 4) is 0 Å². The Balaban J connectivity index is 2.08. The van der Waals surface area contributed by atoms with Crippen molar-refractivity contribution >= 4 is 11.8 Å². The molecule has 0 aliphatic carbocycles. The number of aliphatic hydroxyl groups is 4. The molecule has 2 saturated heterocycles. The van der Waals surface area contributed by atoms with Crippen molar-refractivity contribution in [1.29, 1.82) is 0 Å². The molecular formula is C24H44N2O14. The lowest BCUT2D eigenvalue weighted by atomic mass is 9.95. The Morgan fingerprint density at radius 2 is 1.40 bits per heavy atom. The van der Waals surface area contributed by atoms with E-state index in [-0.39, 0.29) is 39.6 Å². The van der Waals surface area contributed by atoms with E-state index in [1.165, 1.54) is 21.0 Å². The van der Waals surface area contributed by atoms with Gasteiger partial charge in [-0.1, -0.05) is 6.92 Å². The first-order valence-electron chi connectivity index (χ1n) is 13.2. The van der Waals surface area contributed by atoms with E-state index in [9.17, 15) is 24.9 Å². The van der Waals surface area contributed by atoms with E-state index in [1.54, 1.807) is 6.92 Å². The van der Waals surface area contributed by atoms with Gasteiger partial charge in [0.15, 0.2) is 12.6 Å². The van der Waals surface area contributed by atoms with Crippen LogP contribution in [0.5, 0.6) is 0 Å². The molecule has 6 N–H and O–H groups in total. The molecule has 2 amide bonds. The zero-order chi connectivity index (χ0) is 29.7. The van der Waals surface area contributed by atoms with Crippen LogP contribution < -0.4 is 10.6 Å². The second-order valence-corrected chi connectivity index (χ2v) is 9.33. The lowest BCUT2D eigenvalue weighted by Crippen LogP contribution is -2.65. The number of rotatable bonds is 17. The van der Waals surface area contributed by atoms with Crippen LogP contribution in [-0.2, 0) is 47.8 Å². The predicted molar refractivity (Wildman–Crippen MR) is 133 cm³/mol. The van der Waals surface area contributed by atoms with Crippen LogP contribution in [0.15, 0.2) is 0 Å². The van der Waals surface area contributed by atoms with E-state index in [1.807, 2.05) is 0 Å². The number of amides is 2. The average molecular weight is 585 g/mol. The molecule has 0 radical (unpaired) electrons. The summed E-state index contributed by atoms with van der Waals surface area (Å²) in [7, 11) is 1.51. The first-order valence-corrected chi connectivity index (χ1v) is 13.2. The van der Waals surface area contributed by atoms with Gasteiger partial charge in [0, 0.05) is 21.0 Å². The normalized spacial score (nSPS) is 34.4. The quantitative estimate of drug-likeness (QED) is 0.0569. The summed E-state index contributed by atoms with van der Waals surface area (Å²) in [6, 6.07) is -2.06. The monoisotopic (exact) mass is 584 g/mol. The average Bonchev–Trinajstić information content (AvgIpc) is 2.91. The van der Waals surface area contributed by atoms with Gasteiger partial charge in [0.25, 0.3) is 0 Å². The van der Waals surface area contributed by atoms with Crippen molar-refractivity contribution in [3.63, 3.8) is 0 Å². The molecule has 0 saturated carbocycles. The van der Waals surface area contributed by atoms with Crippen molar-refractivity contribution in [3.05, 3.63) is 0 Å².